The van der Waals surface area contributed by atoms with Gasteiger partial charge in [-0.3, -0.25) is 4.68 Å². The summed E-state index contributed by atoms with van der Waals surface area (Å²) >= 11 is 0. The molecule has 0 saturated carbocycles. The summed E-state index contributed by atoms with van der Waals surface area (Å²) in [6.45, 7) is 10.9. The van der Waals surface area contributed by atoms with Crippen molar-refractivity contribution in [3.63, 3.8) is 0 Å². The number of fused-ring (bicyclic) bond motifs is 3. The minimum Gasteiger partial charge on any atom is -0.509 e. The van der Waals surface area contributed by atoms with E-state index in [1.807, 2.05) is 29.2 Å². The zero-order valence-corrected chi connectivity index (χ0v) is 29.7. The monoisotopic (exact) mass is 797 g/mol. The molecule has 47 heavy (non-hydrogen) atoms. The van der Waals surface area contributed by atoms with Crippen LogP contribution in [0.5, 0.6) is 11.5 Å². The van der Waals surface area contributed by atoms with E-state index < -0.39 is 0 Å². The van der Waals surface area contributed by atoms with E-state index in [-0.39, 0.29) is 21.1 Å². The number of para-hydroxylation sites is 1. The van der Waals surface area contributed by atoms with Gasteiger partial charge in [0.15, 0.2) is 0 Å². The van der Waals surface area contributed by atoms with Gasteiger partial charge in [0.05, 0.1) is 6.20 Å². The number of hydrogen-bond acceptors (Lipinski definition) is 3. The van der Waals surface area contributed by atoms with E-state index in [1.54, 1.807) is 0 Å². The van der Waals surface area contributed by atoms with Crippen LogP contribution in [0.2, 0.25) is 0 Å². The first-order valence-corrected chi connectivity index (χ1v) is 16.1. The van der Waals surface area contributed by atoms with E-state index >= 15 is 0 Å². The molecule has 4 aromatic carbocycles. The number of rotatable bonds is 9. The van der Waals surface area contributed by atoms with Crippen LogP contribution in [0.25, 0.3) is 44.4 Å². The van der Waals surface area contributed by atoms with Gasteiger partial charge in [-0.05, 0) is 77.2 Å². The molecule has 6 heteroatoms. The van der Waals surface area contributed by atoms with Gasteiger partial charge >= 0.3 is 21.1 Å². The number of nitrogens with zero attached hydrogens (tertiary/aromatic N) is 4. The van der Waals surface area contributed by atoms with Gasteiger partial charge in [-0.2, -0.15) is 16.7 Å². The van der Waals surface area contributed by atoms with E-state index in [4.69, 9.17) is 14.8 Å². The molecule has 0 N–H and O–H groups in total. The molecule has 3 heterocycles. The maximum Gasteiger partial charge on any atom is 2.00 e. The van der Waals surface area contributed by atoms with Gasteiger partial charge in [0, 0.05) is 35.0 Å². The molecule has 7 rings (SSSR count). The van der Waals surface area contributed by atoms with Gasteiger partial charge < -0.3 is 9.30 Å². The van der Waals surface area contributed by atoms with Crippen LogP contribution >= 0.6 is 0 Å². The van der Waals surface area contributed by atoms with E-state index in [9.17, 15) is 0 Å². The third-order valence-electron chi connectivity index (χ3n) is 8.43. The van der Waals surface area contributed by atoms with Crippen molar-refractivity contribution in [2.75, 3.05) is 0 Å². The Morgan fingerprint density at radius 1 is 0.872 bits per heavy atom. The SMILES string of the molecule is CCCc1cccc(C)c1-c1cnn(-c2[c-]c(Oc3[c-]c4c(cc3)c3ccccc3n4-c3cc(CC(C)C)ccn3)cc(C)c2)c1.[Pt+2]. The predicted molar refractivity (Wildman–Crippen MR) is 187 cm³/mol. The number of benzene rings is 4. The molecule has 0 aliphatic carbocycles. The van der Waals surface area contributed by atoms with Crippen molar-refractivity contribution < 1.29 is 25.8 Å². The molecule has 0 bridgehead atoms. The molecule has 0 aliphatic rings. The van der Waals surface area contributed by atoms with Gasteiger partial charge in [-0.25, -0.2) is 4.98 Å². The molecule has 3 aromatic heterocycles. The predicted octanol–water partition coefficient (Wildman–Crippen LogP) is 10.2. The third-order valence-corrected chi connectivity index (χ3v) is 8.43. The number of pyridine rings is 1. The molecule has 0 spiro atoms. The summed E-state index contributed by atoms with van der Waals surface area (Å²) < 4.78 is 10.5. The normalized spacial score (nSPS) is 11.4. The summed E-state index contributed by atoms with van der Waals surface area (Å²) in [4.78, 5) is 4.79. The Labute approximate surface area is 291 Å². The average Bonchev–Trinajstić information content (AvgIpc) is 3.64. The second kappa shape index (κ2) is 13.7. The molecular formula is C41H38N4OPt. The summed E-state index contributed by atoms with van der Waals surface area (Å²) in [5, 5.41) is 7.01. The van der Waals surface area contributed by atoms with Crippen molar-refractivity contribution >= 4 is 21.8 Å². The summed E-state index contributed by atoms with van der Waals surface area (Å²) in [6.07, 6.45) is 9.08. The average molecular weight is 798 g/mol. The maximum atomic E-state index is 6.47. The van der Waals surface area contributed by atoms with Crippen LogP contribution in [-0.4, -0.2) is 19.3 Å². The van der Waals surface area contributed by atoms with Crippen molar-refractivity contribution in [3.05, 3.63) is 132 Å². The van der Waals surface area contributed by atoms with Crippen molar-refractivity contribution in [2.45, 2.75) is 53.9 Å². The fourth-order valence-corrected chi connectivity index (χ4v) is 6.52. The van der Waals surface area contributed by atoms with Crippen molar-refractivity contribution in [1.29, 1.82) is 0 Å². The first-order valence-electron chi connectivity index (χ1n) is 16.1. The van der Waals surface area contributed by atoms with E-state index in [2.05, 4.69) is 124 Å². The van der Waals surface area contributed by atoms with Crippen LogP contribution in [0, 0.1) is 31.9 Å². The smallest absolute Gasteiger partial charge is 0.509 e. The fraction of sp³-hybridized carbons (Fsp3) is 0.220. The van der Waals surface area contributed by atoms with Gasteiger partial charge in [-0.1, -0.05) is 76.0 Å². The van der Waals surface area contributed by atoms with Crippen LogP contribution < -0.4 is 4.74 Å². The zero-order valence-electron chi connectivity index (χ0n) is 27.4. The maximum absolute atomic E-state index is 6.47. The largest absolute Gasteiger partial charge is 2.00 e. The summed E-state index contributed by atoms with van der Waals surface area (Å²) in [5.74, 6) is 2.68. The van der Waals surface area contributed by atoms with Gasteiger partial charge in [-0.15, -0.1) is 35.7 Å². The van der Waals surface area contributed by atoms with Crippen molar-refractivity contribution in [3.8, 4) is 34.1 Å². The number of aryl methyl sites for hydroxylation is 3. The Balaban J connectivity index is 0.00000386. The molecule has 0 atom stereocenters. The number of aromatic nitrogens is 4. The minimum atomic E-state index is 0. The molecule has 0 unspecified atom stereocenters. The number of hydrogen-bond donors (Lipinski definition) is 0. The molecule has 0 fully saturated rings. The topological polar surface area (TPSA) is 44.9 Å². The van der Waals surface area contributed by atoms with Gasteiger partial charge in [0.1, 0.15) is 5.82 Å². The molecule has 5 nitrogen and oxygen atoms in total. The summed E-state index contributed by atoms with van der Waals surface area (Å²) in [5.41, 5.74) is 10.2. The summed E-state index contributed by atoms with van der Waals surface area (Å²) in [7, 11) is 0. The minimum absolute atomic E-state index is 0. The van der Waals surface area contributed by atoms with E-state index in [0.717, 1.165) is 63.7 Å². The van der Waals surface area contributed by atoms with Gasteiger partial charge in [0.2, 0.25) is 0 Å². The Morgan fingerprint density at radius 2 is 1.72 bits per heavy atom. The molecule has 7 aromatic rings. The first-order chi connectivity index (χ1) is 22.4. The van der Waals surface area contributed by atoms with E-state index in [1.165, 1.54) is 22.3 Å². The Hall–Kier alpha value is -4.47. The third kappa shape index (κ3) is 6.55. The standard InChI is InChI=1S/C41H38N4O.Pt/c1-6-10-31-12-9-11-29(5)41(31)32-25-43-44(26-32)33-20-28(4)21-35(23-33)46-34-15-16-37-36-13-7-8-14-38(36)45(39(37)24-34)40-22-30(17-18-42-40)19-27(2)3;/h7-9,11-18,20-22,25-27H,6,10,19H2,1-5H3;/q-2;+2. The van der Waals surface area contributed by atoms with Gasteiger partial charge in [0.25, 0.3) is 0 Å². The molecule has 0 aliphatic heterocycles. The van der Waals surface area contributed by atoms with Crippen LogP contribution in [0.4, 0.5) is 0 Å². The molecule has 0 amide bonds. The van der Waals surface area contributed by atoms with Crippen molar-refractivity contribution in [2.24, 2.45) is 5.92 Å². The Bertz CT molecular complexity index is 2190. The second-order valence-corrected chi connectivity index (χ2v) is 12.6. The summed E-state index contributed by atoms with van der Waals surface area (Å²) in [6, 6.07) is 34.5. The van der Waals surface area contributed by atoms with Crippen molar-refractivity contribution in [1.82, 2.24) is 19.3 Å². The zero-order chi connectivity index (χ0) is 31.8. The quantitative estimate of drug-likeness (QED) is 0.137. The van der Waals surface area contributed by atoms with Crippen LogP contribution in [0.1, 0.15) is 49.4 Å². The Kier molecular flexibility index (Phi) is 9.47. The molecule has 238 valence electrons. The second-order valence-electron chi connectivity index (χ2n) is 12.6. The van der Waals surface area contributed by atoms with Crippen LogP contribution in [0.15, 0.2) is 97.5 Å². The fourth-order valence-electron chi connectivity index (χ4n) is 6.52. The molecule has 0 saturated heterocycles. The Morgan fingerprint density at radius 3 is 2.55 bits per heavy atom. The number of ether oxygens (including phenoxy) is 1. The van der Waals surface area contributed by atoms with Crippen LogP contribution in [-0.2, 0) is 33.9 Å². The first kappa shape index (κ1) is 32.5. The van der Waals surface area contributed by atoms with Crippen LogP contribution in [0.3, 0.4) is 0 Å². The molecular weight excluding hydrogens is 760 g/mol. The van der Waals surface area contributed by atoms with E-state index in [0.29, 0.717) is 17.4 Å². The molecule has 0 radical (unpaired) electrons.